The van der Waals surface area contributed by atoms with Crippen LogP contribution in [0.3, 0.4) is 0 Å². The van der Waals surface area contributed by atoms with Crippen molar-refractivity contribution in [3.05, 3.63) is 22.2 Å². The van der Waals surface area contributed by atoms with Gasteiger partial charge in [-0.25, -0.2) is 4.98 Å². The van der Waals surface area contributed by atoms with Gasteiger partial charge in [-0.1, -0.05) is 13.3 Å². The Hall–Kier alpha value is -1.36. The molecule has 2 aliphatic rings. The number of rotatable bonds is 4. The molecule has 3 rings (SSSR count). The van der Waals surface area contributed by atoms with Crippen LogP contribution < -0.4 is 10.5 Å². The second-order valence-corrected chi connectivity index (χ2v) is 5.59. The summed E-state index contributed by atoms with van der Waals surface area (Å²) in [5.74, 6) is 1.96. The molecule has 1 aromatic rings. The molecule has 0 radical (unpaired) electrons. The van der Waals surface area contributed by atoms with E-state index in [9.17, 15) is 9.90 Å². The lowest BCUT2D eigenvalue weighted by molar-refractivity contribution is 0.00290. The molecule has 0 atom stereocenters. The molecule has 1 saturated heterocycles. The number of aromatic amines is 1. The summed E-state index contributed by atoms with van der Waals surface area (Å²) in [6.45, 7) is 3.24. The summed E-state index contributed by atoms with van der Waals surface area (Å²) in [6, 6.07) is 1.53. The van der Waals surface area contributed by atoms with Gasteiger partial charge in [0.1, 0.15) is 11.6 Å². The highest BCUT2D eigenvalue weighted by Crippen LogP contribution is 2.38. The number of nitrogens with zero attached hydrogens (tertiary/aromatic N) is 2. The van der Waals surface area contributed by atoms with Crippen LogP contribution in [0, 0.1) is 0 Å². The zero-order chi connectivity index (χ0) is 12.8. The maximum Gasteiger partial charge on any atom is 0.252 e. The van der Waals surface area contributed by atoms with Crippen molar-refractivity contribution >= 4 is 5.82 Å². The first kappa shape index (κ1) is 11.7. The van der Waals surface area contributed by atoms with Gasteiger partial charge in [-0.2, -0.15) is 0 Å². The van der Waals surface area contributed by atoms with Gasteiger partial charge in [0.2, 0.25) is 0 Å². The van der Waals surface area contributed by atoms with Crippen LogP contribution in [0.25, 0.3) is 0 Å². The SMILES string of the molecule is CCCC1(O)CN(c2cc(=O)[nH]c(C3CC3)n2)C1. The van der Waals surface area contributed by atoms with E-state index in [4.69, 9.17) is 0 Å². The van der Waals surface area contributed by atoms with Crippen LogP contribution in [-0.2, 0) is 0 Å². The molecule has 2 fully saturated rings. The standard InChI is InChI=1S/C13H19N3O2/c1-2-5-13(18)7-16(8-13)10-6-11(17)15-12(14-10)9-3-4-9/h6,9,18H,2-5,7-8H2,1H3,(H,14,15,17). The summed E-state index contributed by atoms with van der Waals surface area (Å²) < 4.78 is 0. The molecule has 5 heteroatoms. The second kappa shape index (κ2) is 4.09. The Balaban J connectivity index is 1.76. The average molecular weight is 249 g/mol. The molecule has 0 spiro atoms. The van der Waals surface area contributed by atoms with Crippen molar-refractivity contribution in [3.63, 3.8) is 0 Å². The van der Waals surface area contributed by atoms with Gasteiger partial charge >= 0.3 is 0 Å². The number of nitrogens with one attached hydrogen (secondary N) is 1. The van der Waals surface area contributed by atoms with Gasteiger partial charge in [-0.3, -0.25) is 4.79 Å². The second-order valence-electron chi connectivity index (χ2n) is 5.59. The topological polar surface area (TPSA) is 69.2 Å². The quantitative estimate of drug-likeness (QED) is 0.835. The average Bonchev–Trinajstić information content (AvgIpc) is 3.08. The van der Waals surface area contributed by atoms with Gasteiger partial charge in [0.25, 0.3) is 5.56 Å². The molecule has 1 aliphatic heterocycles. The molecular weight excluding hydrogens is 230 g/mol. The Morgan fingerprint density at radius 1 is 1.56 bits per heavy atom. The summed E-state index contributed by atoms with van der Waals surface area (Å²) in [5.41, 5.74) is -0.675. The molecule has 0 unspecified atom stereocenters. The number of aliphatic hydroxyl groups is 1. The van der Waals surface area contributed by atoms with Crippen LogP contribution in [0.4, 0.5) is 5.82 Å². The van der Waals surface area contributed by atoms with Gasteiger partial charge < -0.3 is 15.0 Å². The maximum absolute atomic E-state index is 11.6. The van der Waals surface area contributed by atoms with E-state index in [1.807, 2.05) is 4.90 Å². The zero-order valence-electron chi connectivity index (χ0n) is 10.6. The first-order chi connectivity index (χ1) is 8.59. The molecule has 18 heavy (non-hydrogen) atoms. The fourth-order valence-electron chi connectivity index (χ4n) is 2.63. The predicted molar refractivity (Wildman–Crippen MR) is 68.9 cm³/mol. The maximum atomic E-state index is 11.6. The lowest BCUT2D eigenvalue weighted by Crippen LogP contribution is -2.62. The normalized spacial score (nSPS) is 21.8. The molecule has 0 amide bonds. The third kappa shape index (κ3) is 2.14. The molecule has 98 valence electrons. The fraction of sp³-hybridized carbons (Fsp3) is 0.692. The fourth-order valence-corrected chi connectivity index (χ4v) is 2.63. The van der Waals surface area contributed by atoms with Crippen LogP contribution in [0.1, 0.15) is 44.3 Å². The van der Waals surface area contributed by atoms with Crippen molar-refractivity contribution in [2.75, 3.05) is 18.0 Å². The largest absolute Gasteiger partial charge is 0.386 e. The van der Waals surface area contributed by atoms with Crippen molar-refractivity contribution in [2.45, 2.75) is 44.1 Å². The summed E-state index contributed by atoms with van der Waals surface area (Å²) in [4.78, 5) is 20.9. The minimum atomic E-state index is -0.585. The van der Waals surface area contributed by atoms with Crippen LogP contribution in [0.5, 0.6) is 0 Å². The Morgan fingerprint density at radius 2 is 2.28 bits per heavy atom. The highest BCUT2D eigenvalue weighted by molar-refractivity contribution is 5.43. The number of aromatic nitrogens is 2. The van der Waals surface area contributed by atoms with E-state index in [1.54, 1.807) is 0 Å². The molecule has 1 aliphatic carbocycles. The van der Waals surface area contributed by atoms with Crippen molar-refractivity contribution in [2.24, 2.45) is 0 Å². The van der Waals surface area contributed by atoms with E-state index in [2.05, 4.69) is 16.9 Å². The molecule has 0 bridgehead atoms. The van der Waals surface area contributed by atoms with E-state index in [0.717, 1.165) is 31.5 Å². The Morgan fingerprint density at radius 3 is 2.89 bits per heavy atom. The van der Waals surface area contributed by atoms with E-state index >= 15 is 0 Å². The predicted octanol–water partition coefficient (Wildman–Crippen LogP) is 0.999. The van der Waals surface area contributed by atoms with E-state index in [1.165, 1.54) is 6.07 Å². The number of β-amino-alcohol motifs (C(OH)–C–C–N with tert-alkyl or cyclic N) is 1. The number of hydrogen-bond acceptors (Lipinski definition) is 4. The lowest BCUT2D eigenvalue weighted by atomic mass is 9.89. The number of anilines is 1. The van der Waals surface area contributed by atoms with Crippen molar-refractivity contribution in [1.82, 2.24) is 9.97 Å². The van der Waals surface area contributed by atoms with Gasteiger partial charge in [0.05, 0.1) is 5.60 Å². The molecule has 0 aromatic carbocycles. The molecule has 2 heterocycles. The molecular formula is C13H19N3O2. The zero-order valence-corrected chi connectivity index (χ0v) is 10.6. The highest BCUT2D eigenvalue weighted by atomic mass is 16.3. The summed E-state index contributed by atoms with van der Waals surface area (Å²) in [6.07, 6.45) is 4.01. The first-order valence-corrected chi connectivity index (χ1v) is 6.68. The van der Waals surface area contributed by atoms with Crippen LogP contribution >= 0.6 is 0 Å². The van der Waals surface area contributed by atoms with E-state index < -0.39 is 5.60 Å². The van der Waals surface area contributed by atoms with Crippen molar-refractivity contribution < 1.29 is 5.11 Å². The van der Waals surface area contributed by atoms with Gasteiger partial charge in [0, 0.05) is 25.1 Å². The van der Waals surface area contributed by atoms with Crippen LogP contribution in [0.2, 0.25) is 0 Å². The summed E-state index contributed by atoms with van der Waals surface area (Å²) >= 11 is 0. The van der Waals surface area contributed by atoms with E-state index in [-0.39, 0.29) is 5.56 Å². The monoisotopic (exact) mass is 249 g/mol. The lowest BCUT2D eigenvalue weighted by Gasteiger charge is -2.47. The summed E-state index contributed by atoms with van der Waals surface area (Å²) in [7, 11) is 0. The van der Waals surface area contributed by atoms with E-state index in [0.29, 0.717) is 24.8 Å². The number of H-pyrrole nitrogens is 1. The van der Waals surface area contributed by atoms with Gasteiger partial charge in [-0.15, -0.1) is 0 Å². The Bertz CT molecular complexity index is 501. The molecule has 2 N–H and O–H groups in total. The summed E-state index contributed by atoms with van der Waals surface area (Å²) in [5, 5.41) is 10.1. The third-order valence-corrected chi connectivity index (χ3v) is 3.72. The molecule has 1 saturated carbocycles. The Labute approximate surface area is 106 Å². The van der Waals surface area contributed by atoms with Crippen LogP contribution in [-0.4, -0.2) is 33.8 Å². The first-order valence-electron chi connectivity index (χ1n) is 6.68. The van der Waals surface area contributed by atoms with Crippen LogP contribution in [0.15, 0.2) is 10.9 Å². The highest BCUT2D eigenvalue weighted by Gasteiger charge is 2.41. The van der Waals surface area contributed by atoms with Gasteiger partial charge in [0.15, 0.2) is 0 Å². The number of hydrogen-bond donors (Lipinski definition) is 2. The van der Waals surface area contributed by atoms with Crippen molar-refractivity contribution in [1.29, 1.82) is 0 Å². The molecule has 1 aromatic heterocycles. The Kier molecular flexibility index (Phi) is 2.66. The van der Waals surface area contributed by atoms with Crippen molar-refractivity contribution in [3.8, 4) is 0 Å². The smallest absolute Gasteiger partial charge is 0.252 e. The minimum Gasteiger partial charge on any atom is -0.386 e. The molecule has 5 nitrogen and oxygen atoms in total. The third-order valence-electron chi connectivity index (χ3n) is 3.72. The minimum absolute atomic E-state index is 0.0900. The van der Waals surface area contributed by atoms with Gasteiger partial charge in [-0.05, 0) is 19.3 Å².